The molecule has 36 heavy (non-hydrogen) atoms. The van der Waals surface area contributed by atoms with Crippen LogP contribution >= 0.6 is 0 Å². The number of nitro benzene ring substituents is 1. The molecule has 5 rings (SSSR count). The van der Waals surface area contributed by atoms with Gasteiger partial charge in [-0.1, -0.05) is 42.5 Å². The highest BCUT2D eigenvalue weighted by molar-refractivity contribution is 6.46. The van der Waals surface area contributed by atoms with Crippen LogP contribution in [0.3, 0.4) is 0 Å². The molecule has 2 heterocycles. The van der Waals surface area contributed by atoms with E-state index >= 15 is 0 Å². The van der Waals surface area contributed by atoms with Crippen LogP contribution in [0.5, 0.6) is 5.75 Å². The molecule has 0 bridgehead atoms. The Balaban J connectivity index is 1.60. The number of hydrogen-bond donors (Lipinski definition) is 1. The summed E-state index contributed by atoms with van der Waals surface area (Å²) in [5.74, 6) is -1.16. The minimum Gasteiger partial charge on any atom is -0.507 e. The van der Waals surface area contributed by atoms with Crippen molar-refractivity contribution in [3.05, 3.63) is 111 Å². The zero-order chi connectivity index (χ0) is 25.4. The first kappa shape index (κ1) is 23.3. The SMILES string of the molecule is C[C@@H]1Cc2cc(C(O)=C3C(=O)C(=O)N(CCc4ccccc4)[C@H]3c3cccc([N+](=O)[O-])c3)ccc2O1. The van der Waals surface area contributed by atoms with Crippen LogP contribution in [0, 0.1) is 10.1 Å². The molecule has 0 radical (unpaired) electrons. The third kappa shape index (κ3) is 4.22. The molecular formula is C28H24N2O6. The van der Waals surface area contributed by atoms with Crippen molar-refractivity contribution in [2.75, 3.05) is 6.54 Å². The number of hydrogen-bond acceptors (Lipinski definition) is 6. The fourth-order valence-electron chi connectivity index (χ4n) is 4.88. The summed E-state index contributed by atoms with van der Waals surface area (Å²) in [4.78, 5) is 38.8. The third-order valence-electron chi connectivity index (χ3n) is 6.59. The van der Waals surface area contributed by atoms with E-state index in [4.69, 9.17) is 4.74 Å². The first-order valence-corrected chi connectivity index (χ1v) is 11.7. The van der Waals surface area contributed by atoms with Crippen LogP contribution in [0.25, 0.3) is 5.76 Å². The number of carbonyl (C=O) groups is 2. The first-order valence-electron chi connectivity index (χ1n) is 11.7. The zero-order valence-electron chi connectivity index (χ0n) is 19.6. The smallest absolute Gasteiger partial charge is 0.295 e. The molecule has 2 aliphatic heterocycles. The van der Waals surface area contributed by atoms with E-state index in [1.54, 1.807) is 24.3 Å². The number of amides is 1. The monoisotopic (exact) mass is 484 g/mol. The van der Waals surface area contributed by atoms with Gasteiger partial charge in [0.15, 0.2) is 0 Å². The second-order valence-electron chi connectivity index (χ2n) is 9.04. The van der Waals surface area contributed by atoms with Gasteiger partial charge in [-0.05, 0) is 48.2 Å². The summed E-state index contributed by atoms with van der Waals surface area (Å²) in [7, 11) is 0. The molecule has 1 amide bonds. The molecule has 0 unspecified atom stereocenters. The zero-order valence-corrected chi connectivity index (χ0v) is 19.6. The largest absolute Gasteiger partial charge is 0.507 e. The number of nitrogens with zero attached hydrogens (tertiary/aromatic N) is 2. The molecule has 1 N–H and O–H groups in total. The van der Waals surface area contributed by atoms with E-state index in [-0.39, 0.29) is 29.7 Å². The average Bonchev–Trinajstić information content (AvgIpc) is 3.38. The molecule has 3 aromatic rings. The van der Waals surface area contributed by atoms with Crippen LogP contribution in [-0.2, 0) is 22.4 Å². The number of nitro groups is 1. The number of non-ortho nitro benzene ring substituents is 1. The summed E-state index contributed by atoms with van der Waals surface area (Å²) >= 11 is 0. The topological polar surface area (TPSA) is 110 Å². The lowest BCUT2D eigenvalue weighted by Crippen LogP contribution is -2.31. The van der Waals surface area contributed by atoms with E-state index < -0.39 is 22.7 Å². The molecule has 1 fully saturated rings. The highest BCUT2D eigenvalue weighted by Crippen LogP contribution is 2.41. The highest BCUT2D eigenvalue weighted by atomic mass is 16.6. The lowest BCUT2D eigenvalue weighted by molar-refractivity contribution is -0.384. The van der Waals surface area contributed by atoms with Crippen molar-refractivity contribution >= 4 is 23.1 Å². The van der Waals surface area contributed by atoms with Gasteiger partial charge in [0.05, 0.1) is 16.5 Å². The van der Waals surface area contributed by atoms with Gasteiger partial charge < -0.3 is 14.7 Å². The summed E-state index contributed by atoms with van der Waals surface area (Å²) in [5.41, 5.74) is 2.41. The van der Waals surface area contributed by atoms with E-state index in [9.17, 15) is 24.8 Å². The maximum absolute atomic E-state index is 13.3. The van der Waals surface area contributed by atoms with E-state index in [1.165, 1.54) is 23.1 Å². The lowest BCUT2D eigenvalue weighted by Gasteiger charge is -2.25. The van der Waals surface area contributed by atoms with Crippen LogP contribution in [0.2, 0.25) is 0 Å². The molecule has 2 atom stereocenters. The molecule has 0 aliphatic carbocycles. The van der Waals surface area contributed by atoms with Gasteiger partial charge in [0, 0.05) is 30.7 Å². The number of ketones is 1. The molecule has 1 saturated heterocycles. The van der Waals surface area contributed by atoms with Crippen molar-refractivity contribution in [3.8, 4) is 5.75 Å². The molecular weight excluding hydrogens is 460 g/mol. The number of carbonyl (C=O) groups excluding carboxylic acids is 2. The van der Waals surface area contributed by atoms with Crippen LogP contribution in [0.1, 0.15) is 35.2 Å². The van der Waals surface area contributed by atoms with Crippen LogP contribution < -0.4 is 4.74 Å². The Bertz CT molecular complexity index is 1400. The van der Waals surface area contributed by atoms with Gasteiger partial charge in [-0.2, -0.15) is 0 Å². The van der Waals surface area contributed by atoms with Gasteiger partial charge in [-0.15, -0.1) is 0 Å². The third-order valence-corrected chi connectivity index (χ3v) is 6.59. The second kappa shape index (κ2) is 9.30. The van der Waals surface area contributed by atoms with Crippen molar-refractivity contribution in [2.24, 2.45) is 0 Å². The number of ether oxygens (including phenoxy) is 1. The summed E-state index contributed by atoms with van der Waals surface area (Å²) in [5, 5.41) is 22.8. The molecule has 182 valence electrons. The van der Waals surface area contributed by atoms with E-state index in [0.717, 1.165) is 16.9 Å². The number of fused-ring (bicyclic) bond motifs is 1. The standard InChI is InChI=1S/C28H24N2O6/c1-17-14-21-15-20(10-11-23(21)36-17)26(31)24-25(19-8-5-9-22(16-19)30(34)35)29(28(33)27(24)32)13-12-18-6-3-2-4-7-18/h2-11,15-17,25,31H,12-14H2,1H3/t17-,25+/m1/s1. The van der Waals surface area contributed by atoms with Crippen molar-refractivity contribution in [2.45, 2.75) is 31.9 Å². The van der Waals surface area contributed by atoms with Crippen molar-refractivity contribution in [3.63, 3.8) is 0 Å². The van der Waals surface area contributed by atoms with Crippen molar-refractivity contribution in [1.82, 2.24) is 4.90 Å². The molecule has 3 aromatic carbocycles. The Hall–Kier alpha value is -4.46. The van der Waals surface area contributed by atoms with Gasteiger partial charge in [0.2, 0.25) is 0 Å². The summed E-state index contributed by atoms with van der Waals surface area (Å²) in [6, 6.07) is 19.5. The summed E-state index contributed by atoms with van der Waals surface area (Å²) in [6.07, 6.45) is 1.15. The van der Waals surface area contributed by atoms with E-state index in [0.29, 0.717) is 24.0 Å². The number of benzene rings is 3. The number of likely N-dealkylation sites (tertiary alicyclic amines) is 1. The molecule has 0 spiro atoms. The van der Waals surface area contributed by atoms with E-state index in [1.807, 2.05) is 37.3 Å². The Labute approximate surface area is 207 Å². The number of Topliss-reactive ketones (excluding diaryl/α,β-unsaturated/α-hetero) is 1. The van der Waals surface area contributed by atoms with Crippen LogP contribution in [0.4, 0.5) is 5.69 Å². The number of aliphatic hydroxyl groups is 1. The fraction of sp³-hybridized carbons (Fsp3) is 0.214. The van der Waals surface area contributed by atoms with Gasteiger partial charge in [0.1, 0.15) is 17.6 Å². The summed E-state index contributed by atoms with van der Waals surface area (Å²) in [6.45, 7) is 2.15. The predicted molar refractivity (Wildman–Crippen MR) is 132 cm³/mol. The van der Waals surface area contributed by atoms with Gasteiger partial charge in [0.25, 0.3) is 17.4 Å². The fourth-order valence-corrected chi connectivity index (χ4v) is 4.88. The average molecular weight is 485 g/mol. The molecule has 2 aliphatic rings. The van der Waals surface area contributed by atoms with E-state index in [2.05, 4.69) is 0 Å². The maximum atomic E-state index is 13.3. The first-order chi connectivity index (χ1) is 17.3. The Kier molecular flexibility index (Phi) is 6.01. The quantitative estimate of drug-likeness (QED) is 0.180. The van der Waals surface area contributed by atoms with Crippen LogP contribution in [0.15, 0.2) is 78.4 Å². The second-order valence-corrected chi connectivity index (χ2v) is 9.04. The number of aliphatic hydroxyl groups excluding tert-OH is 1. The molecule has 8 heteroatoms. The van der Waals surface area contributed by atoms with Crippen molar-refractivity contribution in [1.29, 1.82) is 0 Å². The highest BCUT2D eigenvalue weighted by Gasteiger charge is 2.46. The Morgan fingerprint density at radius 3 is 2.61 bits per heavy atom. The van der Waals surface area contributed by atoms with Crippen molar-refractivity contribution < 1.29 is 24.4 Å². The molecule has 0 aromatic heterocycles. The minimum absolute atomic E-state index is 0.00540. The number of rotatable bonds is 6. The lowest BCUT2D eigenvalue weighted by atomic mass is 9.94. The normalized spacial score (nSPS) is 20.3. The van der Waals surface area contributed by atoms with Gasteiger partial charge >= 0.3 is 0 Å². The van der Waals surface area contributed by atoms with Gasteiger partial charge in [-0.25, -0.2) is 0 Å². The maximum Gasteiger partial charge on any atom is 0.295 e. The summed E-state index contributed by atoms with van der Waals surface area (Å²) < 4.78 is 5.73. The van der Waals surface area contributed by atoms with Gasteiger partial charge in [-0.3, -0.25) is 19.7 Å². The molecule has 0 saturated carbocycles. The molecule has 8 nitrogen and oxygen atoms in total. The predicted octanol–water partition coefficient (Wildman–Crippen LogP) is 4.58. The Morgan fingerprint density at radius 1 is 1.08 bits per heavy atom. The minimum atomic E-state index is -0.961. The van der Waals surface area contributed by atoms with Crippen LogP contribution in [-0.4, -0.2) is 39.3 Å². The Morgan fingerprint density at radius 2 is 1.86 bits per heavy atom.